The maximum absolute atomic E-state index is 12.3. The SMILES string of the molecule is C=CCN1C(=O)N/C(=C/c2ccc(OCc3ccccc3Cl)c(OC)c2)C1=O. The highest BCUT2D eigenvalue weighted by molar-refractivity contribution is 6.31. The van der Waals surface area contributed by atoms with E-state index in [4.69, 9.17) is 21.1 Å². The van der Waals surface area contributed by atoms with Gasteiger partial charge < -0.3 is 14.8 Å². The largest absolute Gasteiger partial charge is 0.493 e. The summed E-state index contributed by atoms with van der Waals surface area (Å²) in [5, 5.41) is 3.18. The molecule has 1 N–H and O–H groups in total. The summed E-state index contributed by atoms with van der Waals surface area (Å²) in [5.41, 5.74) is 1.74. The second-order valence-electron chi connectivity index (χ2n) is 5.98. The van der Waals surface area contributed by atoms with Crippen molar-refractivity contribution in [2.45, 2.75) is 6.61 Å². The number of halogens is 1. The fourth-order valence-corrected chi connectivity index (χ4v) is 2.89. The Hall–Kier alpha value is -3.25. The summed E-state index contributed by atoms with van der Waals surface area (Å²) in [6, 6.07) is 12.2. The maximum atomic E-state index is 12.3. The lowest BCUT2D eigenvalue weighted by Crippen LogP contribution is -2.30. The van der Waals surface area contributed by atoms with E-state index in [0.717, 1.165) is 10.5 Å². The first-order valence-corrected chi connectivity index (χ1v) is 8.91. The summed E-state index contributed by atoms with van der Waals surface area (Å²) in [6.45, 7) is 3.99. The van der Waals surface area contributed by atoms with E-state index >= 15 is 0 Å². The summed E-state index contributed by atoms with van der Waals surface area (Å²) in [4.78, 5) is 25.2. The minimum atomic E-state index is -0.470. The predicted octanol–water partition coefficient (Wildman–Crippen LogP) is 4.01. The molecule has 0 radical (unpaired) electrons. The number of imide groups is 1. The van der Waals surface area contributed by atoms with Gasteiger partial charge in [-0.25, -0.2) is 4.79 Å². The van der Waals surface area contributed by atoms with Gasteiger partial charge in [0.05, 0.1) is 7.11 Å². The molecule has 6 nitrogen and oxygen atoms in total. The zero-order valence-corrected chi connectivity index (χ0v) is 16.0. The van der Waals surface area contributed by atoms with Crippen LogP contribution in [-0.4, -0.2) is 30.5 Å². The molecule has 3 amide bonds. The fraction of sp³-hybridized carbons (Fsp3) is 0.143. The summed E-state index contributed by atoms with van der Waals surface area (Å²) < 4.78 is 11.2. The quantitative estimate of drug-likeness (QED) is 0.434. The molecule has 28 heavy (non-hydrogen) atoms. The van der Waals surface area contributed by atoms with Gasteiger partial charge in [0, 0.05) is 17.1 Å². The summed E-state index contributed by atoms with van der Waals surface area (Å²) >= 11 is 6.15. The van der Waals surface area contributed by atoms with Crippen LogP contribution in [0.3, 0.4) is 0 Å². The first-order chi connectivity index (χ1) is 13.5. The Labute approximate surface area is 168 Å². The normalized spacial score (nSPS) is 14.9. The maximum Gasteiger partial charge on any atom is 0.329 e. The number of hydrogen-bond donors (Lipinski definition) is 1. The Balaban J connectivity index is 1.78. The molecular weight excluding hydrogens is 380 g/mol. The number of urea groups is 1. The van der Waals surface area contributed by atoms with Gasteiger partial charge in [-0.2, -0.15) is 0 Å². The Morgan fingerprint density at radius 2 is 1.96 bits per heavy atom. The molecule has 2 aromatic carbocycles. The van der Waals surface area contributed by atoms with Gasteiger partial charge in [-0.05, 0) is 29.8 Å². The number of hydrogen-bond acceptors (Lipinski definition) is 4. The van der Waals surface area contributed by atoms with E-state index in [1.807, 2.05) is 18.2 Å². The standard InChI is InChI=1S/C21H19ClN2O4/c1-3-10-24-20(25)17(23-21(24)26)11-14-8-9-18(19(12-14)27-2)28-13-15-6-4-5-7-16(15)22/h3-9,11-12H,1,10,13H2,2H3,(H,23,26)/b17-11+. The minimum absolute atomic E-state index is 0.153. The molecule has 0 spiro atoms. The molecule has 0 atom stereocenters. The van der Waals surface area contributed by atoms with Crippen molar-refractivity contribution in [2.75, 3.05) is 13.7 Å². The lowest BCUT2D eigenvalue weighted by atomic mass is 10.1. The third-order valence-electron chi connectivity index (χ3n) is 4.11. The zero-order valence-electron chi connectivity index (χ0n) is 15.3. The van der Waals surface area contributed by atoms with Crippen LogP contribution in [0.1, 0.15) is 11.1 Å². The van der Waals surface area contributed by atoms with E-state index in [1.54, 1.807) is 30.3 Å². The molecule has 0 aliphatic carbocycles. The highest BCUT2D eigenvalue weighted by Gasteiger charge is 2.32. The lowest BCUT2D eigenvalue weighted by Gasteiger charge is -2.12. The monoisotopic (exact) mass is 398 g/mol. The number of nitrogens with zero attached hydrogens (tertiary/aromatic N) is 1. The predicted molar refractivity (Wildman–Crippen MR) is 107 cm³/mol. The molecule has 1 aliphatic rings. The molecule has 0 bridgehead atoms. The second kappa shape index (κ2) is 8.63. The van der Waals surface area contributed by atoms with Crippen LogP contribution in [0, 0.1) is 0 Å². The molecule has 1 saturated heterocycles. The van der Waals surface area contributed by atoms with E-state index in [-0.39, 0.29) is 12.2 Å². The second-order valence-corrected chi connectivity index (χ2v) is 6.39. The minimum Gasteiger partial charge on any atom is -0.493 e. The average molecular weight is 399 g/mol. The van der Waals surface area contributed by atoms with Gasteiger partial charge in [0.2, 0.25) is 0 Å². The van der Waals surface area contributed by atoms with Crippen molar-refractivity contribution < 1.29 is 19.1 Å². The van der Waals surface area contributed by atoms with Gasteiger partial charge >= 0.3 is 6.03 Å². The van der Waals surface area contributed by atoms with E-state index in [9.17, 15) is 9.59 Å². The van der Waals surface area contributed by atoms with Crippen LogP contribution in [0.25, 0.3) is 6.08 Å². The van der Waals surface area contributed by atoms with Crippen LogP contribution in [0.2, 0.25) is 5.02 Å². The highest BCUT2D eigenvalue weighted by atomic mass is 35.5. The van der Waals surface area contributed by atoms with Gasteiger partial charge in [-0.1, -0.05) is 41.9 Å². The number of nitrogens with one attached hydrogen (secondary N) is 1. The van der Waals surface area contributed by atoms with Crippen LogP contribution < -0.4 is 14.8 Å². The van der Waals surface area contributed by atoms with Crippen molar-refractivity contribution in [3.05, 3.63) is 77.0 Å². The Bertz CT molecular complexity index is 955. The molecule has 3 rings (SSSR count). The van der Waals surface area contributed by atoms with Gasteiger partial charge in [0.1, 0.15) is 12.3 Å². The number of amides is 3. The van der Waals surface area contributed by atoms with Crippen molar-refractivity contribution in [3.63, 3.8) is 0 Å². The smallest absolute Gasteiger partial charge is 0.329 e. The van der Waals surface area contributed by atoms with Crippen LogP contribution >= 0.6 is 11.6 Å². The Kier molecular flexibility index (Phi) is 6.01. The van der Waals surface area contributed by atoms with Gasteiger partial charge in [0.25, 0.3) is 5.91 Å². The molecule has 1 heterocycles. The van der Waals surface area contributed by atoms with E-state index in [1.165, 1.54) is 13.2 Å². The topological polar surface area (TPSA) is 67.9 Å². The molecule has 1 fully saturated rings. The molecule has 0 unspecified atom stereocenters. The first kappa shape index (κ1) is 19.5. The molecule has 7 heteroatoms. The van der Waals surface area contributed by atoms with Crippen LogP contribution in [0.15, 0.2) is 60.8 Å². The van der Waals surface area contributed by atoms with Crippen molar-refractivity contribution in [3.8, 4) is 11.5 Å². The number of carbonyl (C=O) groups excluding carboxylic acids is 2. The number of carbonyl (C=O) groups is 2. The van der Waals surface area contributed by atoms with Crippen molar-refractivity contribution in [1.29, 1.82) is 0 Å². The average Bonchev–Trinajstić information content (AvgIpc) is 2.95. The molecule has 0 aromatic heterocycles. The van der Waals surface area contributed by atoms with Gasteiger partial charge in [-0.3, -0.25) is 9.69 Å². The molecule has 0 saturated carbocycles. The fourth-order valence-electron chi connectivity index (χ4n) is 2.70. The number of ether oxygens (including phenoxy) is 2. The summed E-state index contributed by atoms with van der Waals surface area (Å²) in [6.07, 6.45) is 3.08. The third kappa shape index (κ3) is 4.18. The van der Waals surface area contributed by atoms with Crippen molar-refractivity contribution in [1.82, 2.24) is 10.2 Å². The number of methoxy groups -OCH3 is 1. The zero-order chi connectivity index (χ0) is 20.1. The summed E-state index contributed by atoms with van der Waals surface area (Å²) in [5.74, 6) is 0.642. The van der Waals surface area contributed by atoms with E-state index in [0.29, 0.717) is 28.7 Å². The van der Waals surface area contributed by atoms with Crippen LogP contribution in [0.4, 0.5) is 4.79 Å². The Morgan fingerprint density at radius 3 is 2.68 bits per heavy atom. The van der Waals surface area contributed by atoms with Crippen LogP contribution in [0.5, 0.6) is 11.5 Å². The van der Waals surface area contributed by atoms with E-state index < -0.39 is 11.9 Å². The first-order valence-electron chi connectivity index (χ1n) is 8.53. The molecule has 144 valence electrons. The van der Waals surface area contributed by atoms with E-state index in [2.05, 4.69) is 11.9 Å². The van der Waals surface area contributed by atoms with Crippen LogP contribution in [-0.2, 0) is 11.4 Å². The summed E-state index contributed by atoms with van der Waals surface area (Å²) in [7, 11) is 1.53. The molecular formula is C21H19ClN2O4. The lowest BCUT2D eigenvalue weighted by molar-refractivity contribution is -0.122. The van der Waals surface area contributed by atoms with Crippen molar-refractivity contribution >= 4 is 29.6 Å². The molecule has 1 aliphatic heterocycles. The van der Waals surface area contributed by atoms with Crippen molar-refractivity contribution in [2.24, 2.45) is 0 Å². The molecule has 2 aromatic rings. The van der Waals surface area contributed by atoms with Gasteiger partial charge in [0.15, 0.2) is 11.5 Å². The highest BCUT2D eigenvalue weighted by Crippen LogP contribution is 2.30. The van der Waals surface area contributed by atoms with Gasteiger partial charge in [-0.15, -0.1) is 6.58 Å². The Morgan fingerprint density at radius 1 is 1.18 bits per heavy atom. The third-order valence-corrected chi connectivity index (χ3v) is 4.48. The number of benzene rings is 2. The number of rotatable bonds is 7.